The molecule has 3 atom stereocenters. The van der Waals surface area contributed by atoms with Gasteiger partial charge in [0.1, 0.15) is 0 Å². The van der Waals surface area contributed by atoms with E-state index in [1.807, 2.05) is 30.3 Å². The van der Waals surface area contributed by atoms with Crippen LogP contribution in [0.25, 0.3) is 0 Å². The lowest BCUT2D eigenvalue weighted by atomic mass is 9.94. The van der Waals surface area contributed by atoms with Crippen LogP contribution in [0.2, 0.25) is 0 Å². The van der Waals surface area contributed by atoms with Crippen molar-refractivity contribution in [1.82, 2.24) is 4.90 Å². The first-order valence-electron chi connectivity index (χ1n) is 8.74. The zero-order valence-electron chi connectivity index (χ0n) is 15.3. The van der Waals surface area contributed by atoms with Gasteiger partial charge >= 0.3 is 17.9 Å². The molecule has 1 unspecified atom stereocenters. The molecule has 0 aliphatic carbocycles. The van der Waals surface area contributed by atoms with E-state index in [2.05, 4.69) is 0 Å². The van der Waals surface area contributed by atoms with Gasteiger partial charge in [-0.15, -0.1) is 0 Å². The summed E-state index contributed by atoms with van der Waals surface area (Å²) in [7, 11) is 0. The van der Waals surface area contributed by atoms with E-state index in [0.29, 0.717) is 13.0 Å². The van der Waals surface area contributed by atoms with Gasteiger partial charge < -0.3 is 19.5 Å². The second-order valence-corrected chi connectivity index (χ2v) is 6.35. The topological polar surface area (TPSA) is 110 Å². The molecular formula is C19H23NO7. The summed E-state index contributed by atoms with van der Waals surface area (Å²) in [6, 6.07) is 9.08. The molecular weight excluding hydrogens is 354 g/mol. The van der Waals surface area contributed by atoms with Crippen molar-refractivity contribution < 1.29 is 33.8 Å². The Morgan fingerprint density at radius 1 is 1.00 bits per heavy atom. The van der Waals surface area contributed by atoms with E-state index >= 15 is 0 Å². The van der Waals surface area contributed by atoms with E-state index in [1.165, 1.54) is 4.90 Å². The highest BCUT2D eigenvalue weighted by atomic mass is 16.6. The molecule has 0 bridgehead atoms. The van der Waals surface area contributed by atoms with Gasteiger partial charge in [-0.05, 0) is 24.8 Å². The van der Waals surface area contributed by atoms with Crippen molar-refractivity contribution in [2.75, 3.05) is 6.54 Å². The third-order valence-corrected chi connectivity index (χ3v) is 4.32. The Kier molecular flexibility index (Phi) is 6.92. The summed E-state index contributed by atoms with van der Waals surface area (Å²) < 4.78 is 9.75. The molecule has 1 fully saturated rings. The van der Waals surface area contributed by atoms with Gasteiger partial charge in [0.15, 0.2) is 0 Å². The molecule has 27 heavy (non-hydrogen) atoms. The molecule has 1 amide bonds. The number of benzene rings is 1. The van der Waals surface area contributed by atoms with Gasteiger partial charge in [0.05, 0.1) is 6.04 Å². The average Bonchev–Trinajstić information content (AvgIpc) is 2.64. The molecule has 0 saturated carbocycles. The lowest BCUT2D eigenvalue weighted by molar-refractivity contribution is -0.184. The molecule has 8 nitrogen and oxygen atoms in total. The van der Waals surface area contributed by atoms with Crippen molar-refractivity contribution in [3.8, 4) is 0 Å². The molecule has 1 heterocycles. The van der Waals surface area contributed by atoms with Gasteiger partial charge in [-0.1, -0.05) is 30.3 Å². The van der Waals surface area contributed by atoms with Gasteiger partial charge in [-0.25, -0.2) is 4.79 Å². The van der Waals surface area contributed by atoms with Crippen LogP contribution in [0, 0.1) is 0 Å². The van der Waals surface area contributed by atoms with Gasteiger partial charge in [-0.2, -0.15) is 0 Å². The lowest BCUT2D eigenvalue weighted by Crippen LogP contribution is -2.53. The van der Waals surface area contributed by atoms with Crippen molar-refractivity contribution in [2.45, 2.75) is 51.4 Å². The van der Waals surface area contributed by atoms with E-state index in [4.69, 9.17) is 9.47 Å². The Hall–Kier alpha value is -2.90. The van der Waals surface area contributed by atoms with E-state index in [1.54, 1.807) is 0 Å². The Balaban J connectivity index is 2.35. The second kappa shape index (κ2) is 9.16. The van der Waals surface area contributed by atoms with Crippen LogP contribution in [-0.2, 0) is 28.7 Å². The van der Waals surface area contributed by atoms with Crippen molar-refractivity contribution in [1.29, 1.82) is 0 Å². The summed E-state index contributed by atoms with van der Waals surface area (Å²) in [5.74, 6) is -3.96. The highest BCUT2D eigenvalue weighted by Gasteiger charge is 2.43. The number of esters is 2. The van der Waals surface area contributed by atoms with Crippen LogP contribution in [0.4, 0.5) is 0 Å². The molecule has 146 valence electrons. The largest absolute Gasteiger partial charge is 0.478 e. The summed E-state index contributed by atoms with van der Waals surface area (Å²) in [6.07, 6.45) is -1.29. The van der Waals surface area contributed by atoms with E-state index < -0.39 is 36.0 Å². The number of amides is 1. The number of carbonyl (C=O) groups is 4. The Morgan fingerprint density at radius 2 is 1.59 bits per heavy atom. The molecule has 2 rings (SSSR count). The number of piperidine rings is 1. The number of hydrogen-bond donors (Lipinski definition) is 1. The summed E-state index contributed by atoms with van der Waals surface area (Å²) in [6.45, 7) is 2.49. The quantitative estimate of drug-likeness (QED) is 0.751. The van der Waals surface area contributed by atoms with Crippen LogP contribution >= 0.6 is 0 Å². The first kappa shape index (κ1) is 20.4. The molecule has 1 N–H and O–H groups in total. The van der Waals surface area contributed by atoms with Crippen LogP contribution in [0.3, 0.4) is 0 Å². The highest BCUT2D eigenvalue weighted by Crippen LogP contribution is 2.32. The maximum Gasteiger partial charge on any atom is 0.349 e. The predicted molar refractivity (Wildman–Crippen MR) is 93.5 cm³/mol. The number of rotatable bonds is 6. The van der Waals surface area contributed by atoms with Gasteiger partial charge in [-0.3, -0.25) is 14.4 Å². The maximum atomic E-state index is 13.1. The van der Waals surface area contributed by atoms with Crippen LogP contribution in [-0.4, -0.2) is 52.6 Å². The van der Waals surface area contributed by atoms with Gasteiger partial charge in [0.2, 0.25) is 12.2 Å². The monoisotopic (exact) mass is 377 g/mol. The van der Waals surface area contributed by atoms with Gasteiger partial charge in [0.25, 0.3) is 5.91 Å². The minimum Gasteiger partial charge on any atom is -0.478 e. The molecule has 1 saturated heterocycles. The Bertz CT molecular complexity index is 703. The number of carboxylic acid groups (broad SMARTS) is 1. The molecule has 1 aromatic rings. The Labute approximate surface area is 157 Å². The Morgan fingerprint density at radius 3 is 2.15 bits per heavy atom. The van der Waals surface area contributed by atoms with E-state index in [-0.39, 0.29) is 6.04 Å². The fraction of sp³-hybridized carbons (Fsp3) is 0.474. The summed E-state index contributed by atoms with van der Waals surface area (Å²) in [5, 5.41) is 9.40. The normalized spacial score (nSPS) is 18.9. The van der Waals surface area contributed by atoms with Crippen LogP contribution < -0.4 is 0 Å². The van der Waals surface area contributed by atoms with Crippen molar-refractivity contribution in [2.24, 2.45) is 0 Å². The zero-order valence-corrected chi connectivity index (χ0v) is 15.3. The molecule has 1 aliphatic heterocycles. The molecule has 0 spiro atoms. The first-order valence-corrected chi connectivity index (χ1v) is 8.74. The molecule has 1 aromatic carbocycles. The minimum absolute atomic E-state index is 0.266. The molecule has 0 radical (unpaired) electrons. The number of carboxylic acids is 1. The zero-order chi connectivity index (χ0) is 20.0. The number of carbonyl (C=O) groups excluding carboxylic acids is 3. The lowest BCUT2D eigenvalue weighted by Gasteiger charge is -2.38. The maximum absolute atomic E-state index is 13.1. The predicted octanol–water partition coefficient (Wildman–Crippen LogP) is 1.69. The second-order valence-electron chi connectivity index (χ2n) is 6.35. The van der Waals surface area contributed by atoms with Crippen molar-refractivity contribution in [3.63, 3.8) is 0 Å². The number of hydrogen-bond acceptors (Lipinski definition) is 6. The fourth-order valence-electron chi connectivity index (χ4n) is 3.22. The number of aliphatic carboxylic acids is 1. The third kappa shape index (κ3) is 5.29. The SMILES string of the molecule is CC(=O)O[C@@H](C(=O)O)[C@@H](OC(C)=O)C(=O)N1CCCCC1c1ccccc1. The first-order chi connectivity index (χ1) is 12.8. The van der Waals surface area contributed by atoms with E-state index in [9.17, 15) is 24.3 Å². The van der Waals surface area contributed by atoms with Crippen LogP contribution in [0.5, 0.6) is 0 Å². The van der Waals surface area contributed by atoms with Crippen LogP contribution in [0.1, 0.15) is 44.7 Å². The average molecular weight is 377 g/mol. The molecule has 8 heteroatoms. The fourth-order valence-corrected chi connectivity index (χ4v) is 3.22. The number of likely N-dealkylation sites (tertiary alicyclic amines) is 1. The van der Waals surface area contributed by atoms with Crippen molar-refractivity contribution >= 4 is 23.8 Å². The summed E-state index contributed by atoms with van der Waals surface area (Å²) >= 11 is 0. The minimum atomic E-state index is -1.91. The smallest absolute Gasteiger partial charge is 0.349 e. The standard InChI is InChI=1S/C19H23NO7/c1-12(21)26-16(17(19(24)25)27-13(2)22)18(23)20-11-7-6-10-15(20)14-8-4-3-5-9-14/h3-5,8-9,15-17H,6-7,10-11H2,1-2H3,(H,24,25)/t15?,16-,17-/m1/s1. The number of ether oxygens (including phenoxy) is 2. The summed E-state index contributed by atoms with van der Waals surface area (Å²) in [5.41, 5.74) is 0.909. The molecule has 0 aromatic heterocycles. The highest BCUT2D eigenvalue weighted by molar-refractivity contribution is 5.91. The molecule has 1 aliphatic rings. The summed E-state index contributed by atoms with van der Waals surface area (Å²) in [4.78, 5) is 49.0. The van der Waals surface area contributed by atoms with E-state index in [0.717, 1.165) is 32.3 Å². The number of nitrogens with zero attached hydrogens (tertiary/aromatic N) is 1. The van der Waals surface area contributed by atoms with Gasteiger partial charge in [0, 0.05) is 20.4 Å². The van der Waals surface area contributed by atoms with Crippen LogP contribution in [0.15, 0.2) is 30.3 Å². The third-order valence-electron chi connectivity index (χ3n) is 4.32. The van der Waals surface area contributed by atoms with Crippen molar-refractivity contribution in [3.05, 3.63) is 35.9 Å².